The molecule has 0 radical (unpaired) electrons. The van der Waals surface area contributed by atoms with Crippen molar-refractivity contribution in [1.82, 2.24) is 0 Å². The number of fused-ring (bicyclic) bond motifs is 1. The Bertz CT molecular complexity index is 500. The summed E-state index contributed by atoms with van der Waals surface area (Å²) in [7, 11) is 1.63. The smallest absolute Gasteiger partial charge is 0.126 e. The van der Waals surface area contributed by atoms with Gasteiger partial charge in [0.2, 0.25) is 0 Å². The normalized spacial score (nSPS) is 31.6. The van der Waals surface area contributed by atoms with E-state index in [0.717, 1.165) is 42.7 Å². The molecule has 2 aliphatic rings. The highest BCUT2D eigenvalue weighted by Crippen LogP contribution is 2.46. The van der Waals surface area contributed by atoms with Crippen LogP contribution in [-0.4, -0.2) is 30.5 Å². The number of benzene rings is 1. The molecule has 116 valence electrons. The lowest BCUT2D eigenvalue weighted by atomic mass is 9.80. The Morgan fingerprint density at radius 1 is 1.38 bits per heavy atom. The first-order chi connectivity index (χ1) is 10.2. The molecule has 1 aromatic carbocycles. The van der Waals surface area contributed by atoms with Gasteiger partial charge in [-0.05, 0) is 24.6 Å². The Labute approximate surface area is 126 Å². The van der Waals surface area contributed by atoms with Crippen LogP contribution in [-0.2, 0) is 4.74 Å². The molecule has 0 saturated carbocycles. The topological polar surface area (TPSA) is 47.9 Å². The van der Waals surface area contributed by atoms with Crippen molar-refractivity contribution < 1.29 is 19.3 Å². The van der Waals surface area contributed by atoms with Gasteiger partial charge in [-0.2, -0.15) is 0 Å². The van der Waals surface area contributed by atoms with Crippen molar-refractivity contribution in [1.29, 1.82) is 0 Å². The van der Waals surface area contributed by atoms with Gasteiger partial charge in [0.25, 0.3) is 0 Å². The van der Waals surface area contributed by atoms with E-state index in [1.807, 2.05) is 18.2 Å². The molecule has 1 fully saturated rings. The van der Waals surface area contributed by atoms with Crippen LogP contribution in [0.5, 0.6) is 11.5 Å². The Balaban J connectivity index is 1.83. The molecular formula is C17H24O4. The number of hydrogen-bond donors (Lipinski definition) is 1. The van der Waals surface area contributed by atoms with E-state index < -0.39 is 6.10 Å². The van der Waals surface area contributed by atoms with Gasteiger partial charge in [0.15, 0.2) is 0 Å². The van der Waals surface area contributed by atoms with Crippen molar-refractivity contribution in [2.24, 2.45) is 0 Å². The Morgan fingerprint density at radius 2 is 2.24 bits per heavy atom. The molecule has 0 aliphatic carbocycles. The molecule has 1 aromatic rings. The van der Waals surface area contributed by atoms with E-state index in [9.17, 15) is 5.11 Å². The van der Waals surface area contributed by atoms with Gasteiger partial charge in [-0.1, -0.05) is 13.3 Å². The molecule has 1 N–H and O–H groups in total. The van der Waals surface area contributed by atoms with E-state index in [0.29, 0.717) is 13.0 Å². The Morgan fingerprint density at radius 3 is 3.00 bits per heavy atom. The highest BCUT2D eigenvalue weighted by Gasteiger charge is 2.44. The van der Waals surface area contributed by atoms with Crippen LogP contribution in [0.15, 0.2) is 18.2 Å². The maximum Gasteiger partial charge on any atom is 0.126 e. The molecule has 4 nitrogen and oxygen atoms in total. The van der Waals surface area contributed by atoms with Gasteiger partial charge in [-0.3, -0.25) is 0 Å². The number of rotatable bonds is 3. The summed E-state index contributed by atoms with van der Waals surface area (Å²) in [4.78, 5) is 0. The van der Waals surface area contributed by atoms with Gasteiger partial charge in [-0.25, -0.2) is 0 Å². The fourth-order valence-corrected chi connectivity index (χ4v) is 3.52. The second-order valence-electron chi connectivity index (χ2n) is 6.14. The van der Waals surface area contributed by atoms with Crippen LogP contribution in [0.3, 0.4) is 0 Å². The Hall–Kier alpha value is -1.26. The van der Waals surface area contributed by atoms with Crippen molar-refractivity contribution in [3.63, 3.8) is 0 Å². The SMILES string of the molecule is CCCC1CC2(CCO1)C[C@@H](O)c1cc(OC)ccc1O2. The third-order valence-corrected chi connectivity index (χ3v) is 4.59. The van der Waals surface area contributed by atoms with Crippen LogP contribution < -0.4 is 9.47 Å². The molecule has 2 heterocycles. The molecule has 3 rings (SSSR count). The second kappa shape index (κ2) is 5.85. The average Bonchev–Trinajstić information content (AvgIpc) is 2.47. The molecule has 3 atom stereocenters. The first kappa shape index (κ1) is 14.7. The van der Waals surface area contributed by atoms with Crippen molar-refractivity contribution in [3.8, 4) is 11.5 Å². The molecular weight excluding hydrogens is 268 g/mol. The van der Waals surface area contributed by atoms with Crippen LogP contribution in [0.4, 0.5) is 0 Å². The Kier molecular flexibility index (Phi) is 4.09. The zero-order valence-electron chi connectivity index (χ0n) is 12.8. The minimum absolute atomic E-state index is 0.246. The van der Waals surface area contributed by atoms with Gasteiger partial charge in [0.05, 0.1) is 25.9 Å². The number of hydrogen-bond acceptors (Lipinski definition) is 4. The summed E-state index contributed by atoms with van der Waals surface area (Å²) in [5.74, 6) is 1.54. The van der Waals surface area contributed by atoms with Gasteiger partial charge in [0.1, 0.15) is 17.1 Å². The summed E-state index contributed by atoms with van der Waals surface area (Å²) in [6.07, 6.45) is 4.25. The molecule has 0 aromatic heterocycles. The van der Waals surface area contributed by atoms with E-state index >= 15 is 0 Å². The lowest BCUT2D eigenvalue weighted by molar-refractivity contribution is -0.118. The molecule has 21 heavy (non-hydrogen) atoms. The van der Waals surface area contributed by atoms with E-state index in [1.54, 1.807) is 7.11 Å². The molecule has 0 amide bonds. The lowest BCUT2D eigenvalue weighted by Crippen LogP contribution is -2.48. The van der Waals surface area contributed by atoms with Crippen LogP contribution in [0.25, 0.3) is 0 Å². The predicted molar refractivity (Wildman–Crippen MR) is 79.8 cm³/mol. The second-order valence-corrected chi connectivity index (χ2v) is 6.14. The summed E-state index contributed by atoms with van der Waals surface area (Å²) < 4.78 is 17.4. The van der Waals surface area contributed by atoms with Crippen molar-refractivity contribution >= 4 is 0 Å². The van der Waals surface area contributed by atoms with Gasteiger partial charge in [0, 0.05) is 24.8 Å². The van der Waals surface area contributed by atoms with Gasteiger partial charge < -0.3 is 19.3 Å². The molecule has 0 bridgehead atoms. The highest BCUT2D eigenvalue weighted by atomic mass is 16.5. The monoisotopic (exact) mass is 292 g/mol. The highest BCUT2D eigenvalue weighted by molar-refractivity contribution is 5.43. The quantitative estimate of drug-likeness (QED) is 0.929. The minimum atomic E-state index is -0.496. The average molecular weight is 292 g/mol. The summed E-state index contributed by atoms with van der Waals surface area (Å²) in [6, 6.07) is 5.66. The van der Waals surface area contributed by atoms with E-state index in [1.165, 1.54) is 0 Å². The maximum atomic E-state index is 10.5. The van der Waals surface area contributed by atoms with Gasteiger partial charge >= 0.3 is 0 Å². The lowest BCUT2D eigenvalue weighted by Gasteiger charge is -2.45. The third-order valence-electron chi connectivity index (χ3n) is 4.59. The summed E-state index contributed by atoms with van der Waals surface area (Å²) in [5, 5.41) is 10.5. The zero-order valence-corrected chi connectivity index (χ0v) is 12.8. The summed E-state index contributed by atoms with van der Waals surface area (Å²) >= 11 is 0. The van der Waals surface area contributed by atoms with Crippen LogP contribution in [0.2, 0.25) is 0 Å². The molecule has 1 spiro atoms. The largest absolute Gasteiger partial charge is 0.497 e. The van der Waals surface area contributed by atoms with E-state index in [-0.39, 0.29) is 11.7 Å². The summed E-state index contributed by atoms with van der Waals surface area (Å²) in [5.41, 5.74) is 0.553. The molecule has 2 aliphatic heterocycles. The minimum Gasteiger partial charge on any atom is -0.497 e. The van der Waals surface area contributed by atoms with Crippen molar-refractivity contribution in [2.75, 3.05) is 13.7 Å². The van der Waals surface area contributed by atoms with E-state index in [2.05, 4.69) is 6.92 Å². The molecule has 2 unspecified atom stereocenters. The first-order valence-electron chi connectivity index (χ1n) is 7.82. The van der Waals surface area contributed by atoms with Crippen molar-refractivity contribution in [3.05, 3.63) is 23.8 Å². The number of methoxy groups -OCH3 is 1. The summed E-state index contributed by atoms with van der Waals surface area (Å²) in [6.45, 7) is 2.88. The fraction of sp³-hybridized carbons (Fsp3) is 0.647. The van der Waals surface area contributed by atoms with Crippen LogP contribution >= 0.6 is 0 Å². The standard InChI is InChI=1S/C17H24O4/c1-3-4-13-10-17(7-8-20-13)11-15(18)14-9-12(19-2)5-6-16(14)21-17/h5-6,9,13,15,18H,3-4,7-8,10-11H2,1-2H3/t13?,15-,17?/m1/s1. The fourth-order valence-electron chi connectivity index (χ4n) is 3.52. The number of aliphatic hydroxyl groups is 1. The van der Waals surface area contributed by atoms with Crippen molar-refractivity contribution in [2.45, 2.75) is 56.8 Å². The molecule has 4 heteroatoms. The zero-order chi connectivity index (χ0) is 14.9. The third kappa shape index (κ3) is 2.87. The number of ether oxygens (including phenoxy) is 3. The predicted octanol–water partition coefficient (Wildman–Crippen LogP) is 3.23. The van der Waals surface area contributed by atoms with E-state index in [4.69, 9.17) is 14.2 Å². The van der Waals surface area contributed by atoms with Crippen LogP contribution in [0.1, 0.15) is 50.7 Å². The maximum absolute atomic E-state index is 10.5. The van der Waals surface area contributed by atoms with Gasteiger partial charge in [-0.15, -0.1) is 0 Å². The molecule has 1 saturated heterocycles. The number of aliphatic hydroxyl groups excluding tert-OH is 1. The van der Waals surface area contributed by atoms with Crippen LogP contribution in [0, 0.1) is 0 Å². The first-order valence-corrected chi connectivity index (χ1v) is 7.82.